The molecule has 0 aromatic carbocycles. The van der Waals surface area contributed by atoms with Crippen LogP contribution in [0.2, 0.25) is 0 Å². The first-order chi connectivity index (χ1) is 5.24. The van der Waals surface area contributed by atoms with E-state index in [1.165, 1.54) is 0 Å². The number of hydrogen-bond donors (Lipinski definition) is 1. The highest BCUT2D eigenvalue weighted by atomic mass is 16.5. The highest BCUT2D eigenvalue weighted by molar-refractivity contribution is 5.88. The molecule has 2 aliphatic carbocycles. The minimum Gasteiger partial charge on any atom is -0.501 e. The normalized spacial score (nSPS) is 41.1. The van der Waals surface area contributed by atoms with Crippen LogP contribution in [0.25, 0.3) is 0 Å². The number of hydrogen-bond acceptors (Lipinski definition) is 3. The molecule has 2 aliphatic rings. The number of Topliss-reactive ketones (excluding diaryl/α,β-unsaturated/α-hetero) is 1. The van der Waals surface area contributed by atoms with E-state index in [1.807, 2.05) is 6.08 Å². The summed E-state index contributed by atoms with van der Waals surface area (Å²) in [6.45, 7) is 0. The highest BCUT2D eigenvalue weighted by Gasteiger charge is 2.49. The first-order valence-corrected chi connectivity index (χ1v) is 3.70. The Morgan fingerprint density at radius 1 is 1.73 bits per heavy atom. The van der Waals surface area contributed by atoms with Crippen molar-refractivity contribution in [3.63, 3.8) is 0 Å². The van der Waals surface area contributed by atoms with Crippen molar-refractivity contribution in [1.29, 1.82) is 0 Å². The van der Waals surface area contributed by atoms with Crippen LogP contribution in [-0.2, 0) is 9.53 Å². The van der Waals surface area contributed by atoms with Gasteiger partial charge >= 0.3 is 0 Å². The number of methoxy groups -OCH3 is 1. The molecule has 3 unspecified atom stereocenters. The standard InChI is InChI=1S/C8H10O3/c1-11-7-2-4-5(9)3-6(10)8(4)7/h2,4-5,8-9H,3H2,1H3. The topological polar surface area (TPSA) is 46.5 Å². The lowest BCUT2D eigenvalue weighted by Gasteiger charge is -2.28. The molecule has 11 heavy (non-hydrogen) atoms. The fourth-order valence-corrected chi connectivity index (χ4v) is 1.83. The third-order valence-corrected chi connectivity index (χ3v) is 2.49. The predicted molar refractivity (Wildman–Crippen MR) is 37.7 cm³/mol. The Kier molecular flexibility index (Phi) is 1.29. The molecule has 3 atom stereocenters. The van der Waals surface area contributed by atoms with Gasteiger partial charge in [-0.3, -0.25) is 4.79 Å². The molecular weight excluding hydrogens is 144 g/mol. The summed E-state index contributed by atoms with van der Waals surface area (Å²) in [6, 6.07) is 0. The second kappa shape index (κ2) is 2.08. The molecule has 1 N–H and O–H groups in total. The second-order valence-electron chi connectivity index (χ2n) is 3.07. The number of rotatable bonds is 1. The number of carbonyl (C=O) groups is 1. The second-order valence-corrected chi connectivity index (χ2v) is 3.07. The molecule has 0 amide bonds. The SMILES string of the molecule is COC1=CC2C(O)CC(=O)C12. The Morgan fingerprint density at radius 3 is 3.00 bits per heavy atom. The zero-order valence-corrected chi connectivity index (χ0v) is 6.28. The fourth-order valence-electron chi connectivity index (χ4n) is 1.83. The molecule has 1 fully saturated rings. The van der Waals surface area contributed by atoms with E-state index in [1.54, 1.807) is 7.11 Å². The zero-order valence-electron chi connectivity index (χ0n) is 6.28. The first kappa shape index (κ1) is 6.85. The van der Waals surface area contributed by atoms with Crippen LogP contribution in [-0.4, -0.2) is 24.1 Å². The van der Waals surface area contributed by atoms with Gasteiger partial charge in [-0.25, -0.2) is 0 Å². The van der Waals surface area contributed by atoms with Crippen molar-refractivity contribution in [2.75, 3.05) is 7.11 Å². The summed E-state index contributed by atoms with van der Waals surface area (Å²) in [5.41, 5.74) is 0. The monoisotopic (exact) mass is 154 g/mol. The highest BCUT2D eigenvalue weighted by Crippen LogP contribution is 2.43. The van der Waals surface area contributed by atoms with Crippen molar-refractivity contribution in [2.24, 2.45) is 11.8 Å². The van der Waals surface area contributed by atoms with Gasteiger partial charge in [0.1, 0.15) is 11.5 Å². The van der Waals surface area contributed by atoms with E-state index in [0.29, 0.717) is 6.42 Å². The lowest BCUT2D eigenvalue weighted by Crippen LogP contribution is -2.29. The molecule has 0 aromatic rings. The van der Waals surface area contributed by atoms with Crippen molar-refractivity contribution in [1.82, 2.24) is 0 Å². The van der Waals surface area contributed by atoms with Crippen LogP contribution >= 0.6 is 0 Å². The van der Waals surface area contributed by atoms with Crippen LogP contribution < -0.4 is 0 Å². The van der Waals surface area contributed by atoms with Gasteiger partial charge < -0.3 is 9.84 Å². The van der Waals surface area contributed by atoms with Crippen molar-refractivity contribution < 1.29 is 14.6 Å². The molecule has 0 bridgehead atoms. The minimum absolute atomic E-state index is 0.0393. The molecule has 0 aliphatic heterocycles. The number of fused-ring (bicyclic) bond motifs is 1. The van der Waals surface area contributed by atoms with E-state index in [2.05, 4.69) is 0 Å². The average Bonchev–Trinajstić information content (AvgIpc) is 2.03. The quantitative estimate of drug-likeness (QED) is 0.582. The van der Waals surface area contributed by atoms with Crippen molar-refractivity contribution >= 4 is 5.78 Å². The molecule has 1 saturated carbocycles. The maximum Gasteiger partial charge on any atom is 0.146 e. The Balaban J connectivity index is 2.21. The largest absolute Gasteiger partial charge is 0.501 e. The van der Waals surface area contributed by atoms with Crippen LogP contribution in [0.1, 0.15) is 6.42 Å². The Labute approximate surface area is 64.7 Å². The molecule has 60 valence electrons. The van der Waals surface area contributed by atoms with Gasteiger partial charge in [0.15, 0.2) is 0 Å². The van der Waals surface area contributed by atoms with Gasteiger partial charge in [-0.2, -0.15) is 0 Å². The predicted octanol–water partition coefficient (Wildman–Crippen LogP) is 0.0964. The summed E-state index contributed by atoms with van der Waals surface area (Å²) in [7, 11) is 1.56. The molecule has 0 saturated heterocycles. The molecule has 2 rings (SSSR count). The van der Waals surface area contributed by atoms with Gasteiger partial charge in [0.2, 0.25) is 0 Å². The molecule has 3 heteroatoms. The number of aliphatic hydroxyl groups excluding tert-OH is 1. The van der Waals surface area contributed by atoms with Crippen molar-refractivity contribution in [3.8, 4) is 0 Å². The van der Waals surface area contributed by atoms with E-state index in [9.17, 15) is 9.90 Å². The number of carbonyl (C=O) groups excluding carboxylic acids is 1. The Morgan fingerprint density at radius 2 is 2.45 bits per heavy atom. The average molecular weight is 154 g/mol. The van der Waals surface area contributed by atoms with Gasteiger partial charge in [-0.15, -0.1) is 0 Å². The van der Waals surface area contributed by atoms with Crippen LogP contribution in [0.4, 0.5) is 0 Å². The molecule has 0 spiro atoms. The van der Waals surface area contributed by atoms with Gasteiger partial charge in [0.05, 0.1) is 19.1 Å². The van der Waals surface area contributed by atoms with Crippen LogP contribution in [0.15, 0.2) is 11.8 Å². The van der Waals surface area contributed by atoms with E-state index in [0.717, 1.165) is 5.76 Å². The van der Waals surface area contributed by atoms with E-state index in [4.69, 9.17) is 4.74 Å². The van der Waals surface area contributed by atoms with Gasteiger partial charge in [0, 0.05) is 12.3 Å². The van der Waals surface area contributed by atoms with Crippen LogP contribution in [0, 0.1) is 11.8 Å². The smallest absolute Gasteiger partial charge is 0.146 e. The van der Waals surface area contributed by atoms with Gasteiger partial charge in [-0.1, -0.05) is 0 Å². The summed E-state index contributed by atoms with van der Waals surface area (Å²) in [5.74, 6) is 0.755. The summed E-state index contributed by atoms with van der Waals surface area (Å²) in [5, 5.41) is 9.28. The summed E-state index contributed by atoms with van der Waals surface area (Å²) in [4.78, 5) is 11.1. The van der Waals surface area contributed by atoms with E-state index >= 15 is 0 Å². The first-order valence-electron chi connectivity index (χ1n) is 3.70. The van der Waals surface area contributed by atoms with Crippen molar-refractivity contribution in [2.45, 2.75) is 12.5 Å². The number of aliphatic hydroxyl groups is 1. The van der Waals surface area contributed by atoms with E-state index < -0.39 is 6.10 Å². The lowest BCUT2D eigenvalue weighted by molar-refractivity contribution is -0.121. The zero-order chi connectivity index (χ0) is 8.01. The molecule has 0 heterocycles. The van der Waals surface area contributed by atoms with Gasteiger partial charge in [-0.05, 0) is 6.08 Å². The molecule has 0 radical (unpaired) electrons. The third kappa shape index (κ3) is 0.744. The summed E-state index contributed by atoms with van der Waals surface area (Å²) >= 11 is 0. The maximum absolute atomic E-state index is 11.1. The van der Waals surface area contributed by atoms with Crippen molar-refractivity contribution in [3.05, 3.63) is 11.8 Å². The minimum atomic E-state index is -0.466. The number of ether oxygens (including phenoxy) is 1. The van der Waals surface area contributed by atoms with E-state index in [-0.39, 0.29) is 17.6 Å². The molecule has 3 nitrogen and oxygen atoms in total. The number of ketones is 1. The maximum atomic E-state index is 11.1. The summed E-state index contributed by atoms with van der Waals surface area (Å²) < 4.78 is 4.95. The van der Waals surface area contributed by atoms with Crippen LogP contribution in [0.3, 0.4) is 0 Å². The number of allylic oxidation sites excluding steroid dienone is 1. The molecular formula is C8H10O3. The Bertz CT molecular complexity index is 231. The summed E-state index contributed by atoms with van der Waals surface area (Å²) in [6.07, 6.45) is 1.66. The Hall–Kier alpha value is -0.830. The van der Waals surface area contributed by atoms with Crippen LogP contribution in [0.5, 0.6) is 0 Å². The molecule has 0 aromatic heterocycles. The third-order valence-electron chi connectivity index (χ3n) is 2.49. The van der Waals surface area contributed by atoms with Gasteiger partial charge in [0.25, 0.3) is 0 Å². The lowest BCUT2D eigenvalue weighted by atomic mass is 9.82. The fraction of sp³-hybridized carbons (Fsp3) is 0.625.